The fourth-order valence-corrected chi connectivity index (χ4v) is 3.05. The zero-order valence-electron chi connectivity index (χ0n) is 8.34. The topological polar surface area (TPSA) is 86.3 Å². The van der Waals surface area contributed by atoms with E-state index in [-0.39, 0.29) is 11.6 Å². The first-order valence-corrected chi connectivity index (χ1v) is 6.14. The maximum Gasteiger partial charge on any atom is 0.260 e. The summed E-state index contributed by atoms with van der Waals surface area (Å²) in [6.45, 7) is 2.22. The Kier molecular flexibility index (Phi) is 2.53. The predicted molar refractivity (Wildman–Crippen MR) is 52.7 cm³/mol. The molecule has 1 saturated heterocycles. The average molecular weight is 231 g/mol. The number of H-pyrrole nitrogens is 1. The molecule has 15 heavy (non-hydrogen) atoms. The molecule has 0 aromatic carbocycles. The number of nitrogens with zero attached hydrogens (tertiary/aromatic N) is 2. The summed E-state index contributed by atoms with van der Waals surface area (Å²) in [5, 5.41) is 9.37. The lowest BCUT2D eigenvalue weighted by Crippen LogP contribution is -2.29. The van der Waals surface area contributed by atoms with Gasteiger partial charge in [0.15, 0.2) is 5.03 Å². The van der Waals surface area contributed by atoms with Crippen molar-refractivity contribution in [1.29, 1.82) is 0 Å². The van der Waals surface area contributed by atoms with E-state index < -0.39 is 16.1 Å². The summed E-state index contributed by atoms with van der Waals surface area (Å²) in [6, 6.07) is 0. The van der Waals surface area contributed by atoms with Gasteiger partial charge in [0.05, 0.1) is 12.3 Å². The largest absolute Gasteiger partial charge is 0.392 e. The molecule has 7 heteroatoms. The Balaban J connectivity index is 2.27. The van der Waals surface area contributed by atoms with Crippen LogP contribution in [0.3, 0.4) is 0 Å². The van der Waals surface area contributed by atoms with Crippen molar-refractivity contribution < 1.29 is 13.5 Å². The minimum absolute atomic E-state index is 0.0918. The summed E-state index contributed by atoms with van der Waals surface area (Å²) in [7, 11) is -3.50. The van der Waals surface area contributed by atoms with Crippen molar-refractivity contribution in [3.63, 3.8) is 0 Å². The van der Waals surface area contributed by atoms with Gasteiger partial charge < -0.3 is 10.1 Å². The Morgan fingerprint density at radius 2 is 2.40 bits per heavy atom. The van der Waals surface area contributed by atoms with Gasteiger partial charge in [0.1, 0.15) is 5.82 Å². The first-order chi connectivity index (χ1) is 7.00. The van der Waals surface area contributed by atoms with Crippen LogP contribution in [0.5, 0.6) is 0 Å². The number of aliphatic hydroxyl groups excluding tert-OH is 1. The van der Waals surface area contributed by atoms with Crippen molar-refractivity contribution in [2.75, 3.05) is 13.1 Å². The fraction of sp³-hybridized carbons (Fsp3) is 0.625. The molecule has 1 fully saturated rings. The van der Waals surface area contributed by atoms with E-state index in [1.807, 2.05) is 0 Å². The summed E-state index contributed by atoms with van der Waals surface area (Å²) in [6.07, 6.45) is 1.24. The van der Waals surface area contributed by atoms with Gasteiger partial charge in [0, 0.05) is 13.1 Å². The summed E-state index contributed by atoms with van der Waals surface area (Å²) >= 11 is 0. The molecule has 0 bridgehead atoms. The van der Waals surface area contributed by atoms with Crippen molar-refractivity contribution in [2.24, 2.45) is 0 Å². The maximum absolute atomic E-state index is 11.9. The molecule has 6 nitrogen and oxygen atoms in total. The maximum atomic E-state index is 11.9. The molecule has 84 valence electrons. The lowest BCUT2D eigenvalue weighted by molar-refractivity contribution is 0.189. The van der Waals surface area contributed by atoms with Gasteiger partial charge in [-0.1, -0.05) is 0 Å². The molecule has 0 spiro atoms. The summed E-state index contributed by atoms with van der Waals surface area (Å²) in [5.41, 5.74) is 0. The standard InChI is InChI=1S/C8H13N3O3S/c1-6-9-4-8(10-6)15(13,14)11-3-2-7(12)5-11/h4,7,12H,2-3,5H2,1H3,(H,9,10)/t7-/m1/s1. The van der Waals surface area contributed by atoms with Crippen LogP contribution in [0.4, 0.5) is 0 Å². The quantitative estimate of drug-likeness (QED) is 0.716. The molecule has 1 aliphatic heterocycles. The molecule has 0 amide bonds. The number of aromatic nitrogens is 2. The lowest BCUT2D eigenvalue weighted by Gasteiger charge is -2.13. The van der Waals surface area contributed by atoms with Gasteiger partial charge in [-0.15, -0.1) is 0 Å². The van der Waals surface area contributed by atoms with Crippen LogP contribution < -0.4 is 0 Å². The van der Waals surface area contributed by atoms with Gasteiger partial charge >= 0.3 is 0 Å². The average Bonchev–Trinajstić information content (AvgIpc) is 2.74. The number of hydrogen-bond acceptors (Lipinski definition) is 4. The van der Waals surface area contributed by atoms with Gasteiger partial charge in [0.2, 0.25) is 0 Å². The summed E-state index contributed by atoms with van der Waals surface area (Å²) in [5.74, 6) is 0.563. The Labute approximate surface area is 88.0 Å². The van der Waals surface area contributed by atoms with Gasteiger partial charge in [-0.05, 0) is 13.3 Å². The molecular weight excluding hydrogens is 218 g/mol. The third-order valence-corrected chi connectivity index (χ3v) is 4.20. The first-order valence-electron chi connectivity index (χ1n) is 4.70. The molecule has 1 aliphatic rings. The fourth-order valence-electron chi connectivity index (χ4n) is 1.60. The van der Waals surface area contributed by atoms with E-state index in [4.69, 9.17) is 0 Å². The van der Waals surface area contributed by atoms with Crippen LogP contribution in [0.15, 0.2) is 11.2 Å². The number of β-amino-alcohol motifs (C(OH)–C–C–N with tert-alkyl or cyclic N) is 1. The van der Waals surface area contributed by atoms with Crippen LogP contribution in [0.25, 0.3) is 0 Å². The molecule has 0 radical (unpaired) electrons. The van der Waals surface area contributed by atoms with Crippen LogP contribution in [0, 0.1) is 6.92 Å². The second-order valence-corrected chi connectivity index (χ2v) is 5.54. The highest BCUT2D eigenvalue weighted by Crippen LogP contribution is 2.19. The highest BCUT2D eigenvalue weighted by Gasteiger charge is 2.32. The van der Waals surface area contributed by atoms with E-state index >= 15 is 0 Å². The Hall–Kier alpha value is -0.920. The minimum Gasteiger partial charge on any atom is -0.392 e. The number of aliphatic hydroxyl groups is 1. The zero-order valence-corrected chi connectivity index (χ0v) is 9.16. The third kappa shape index (κ3) is 1.90. The SMILES string of the molecule is Cc1ncc(S(=O)(=O)N2CC[C@@H](O)C2)[nH]1. The second-order valence-electron chi connectivity index (χ2n) is 3.64. The van der Waals surface area contributed by atoms with Gasteiger partial charge in [0.25, 0.3) is 10.0 Å². The van der Waals surface area contributed by atoms with E-state index in [1.165, 1.54) is 10.5 Å². The van der Waals surface area contributed by atoms with Crippen LogP contribution in [-0.4, -0.2) is 47.0 Å². The Morgan fingerprint density at radius 1 is 1.67 bits per heavy atom. The number of aryl methyl sites for hydroxylation is 1. The molecule has 0 unspecified atom stereocenters. The van der Waals surface area contributed by atoms with Crippen LogP contribution in [-0.2, 0) is 10.0 Å². The van der Waals surface area contributed by atoms with Gasteiger partial charge in [-0.2, -0.15) is 4.31 Å². The molecule has 2 N–H and O–H groups in total. The molecule has 2 heterocycles. The van der Waals surface area contributed by atoms with Crippen LogP contribution >= 0.6 is 0 Å². The molecule has 0 saturated carbocycles. The van der Waals surface area contributed by atoms with Gasteiger partial charge in [-0.25, -0.2) is 13.4 Å². The minimum atomic E-state index is -3.50. The third-order valence-electron chi connectivity index (χ3n) is 2.42. The molecule has 1 atom stereocenters. The highest BCUT2D eigenvalue weighted by atomic mass is 32.2. The molecule has 1 aromatic rings. The number of sulfonamides is 1. The number of nitrogens with one attached hydrogen (secondary N) is 1. The molecule has 0 aliphatic carbocycles. The number of aromatic amines is 1. The monoisotopic (exact) mass is 231 g/mol. The molecular formula is C8H13N3O3S. The van der Waals surface area contributed by atoms with Crippen molar-refractivity contribution in [3.8, 4) is 0 Å². The number of imidazole rings is 1. The molecule has 2 rings (SSSR count). The lowest BCUT2D eigenvalue weighted by atomic mass is 10.3. The van der Waals surface area contributed by atoms with E-state index in [1.54, 1.807) is 6.92 Å². The first kappa shape index (κ1) is 10.6. The van der Waals surface area contributed by atoms with Crippen LogP contribution in [0.1, 0.15) is 12.2 Å². The van der Waals surface area contributed by atoms with E-state index in [0.29, 0.717) is 18.8 Å². The van der Waals surface area contributed by atoms with E-state index in [2.05, 4.69) is 9.97 Å². The second kappa shape index (κ2) is 3.58. The van der Waals surface area contributed by atoms with Crippen molar-refractivity contribution in [3.05, 3.63) is 12.0 Å². The summed E-state index contributed by atoms with van der Waals surface area (Å²) in [4.78, 5) is 6.54. The predicted octanol–water partition coefficient (Wildman–Crippen LogP) is -0.527. The van der Waals surface area contributed by atoms with Crippen LogP contribution in [0.2, 0.25) is 0 Å². The Bertz CT molecular complexity index is 453. The van der Waals surface area contributed by atoms with Crippen molar-refractivity contribution >= 4 is 10.0 Å². The Morgan fingerprint density at radius 3 is 2.87 bits per heavy atom. The molecule has 1 aromatic heterocycles. The van der Waals surface area contributed by atoms with Gasteiger partial charge in [-0.3, -0.25) is 0 Å². The van der Waals surface area contributed by atoms with E-state index in [0.717, 1.165) is 0 Å². The smallest absolute Gasteiger partial charge is 0.260 e. The normalized spacial score (nSPS) is 23.5. The zero-order chi connectivity index (χ0) is 11.1. The number of hydrogen-bond donors (Lipinski definition) is 2. The highest BCUT2D eigenvalue weighted by molar-refractivity contribution is 7.89. The van der Waals surface area contributed by atoms with Crippen molar-refractivity contribution in [1.82, 2.24) is 14.3 Å². The van der Waals surface area contributed by atoms with E-state index in [9.17, 15) is 13.5 Å². The van der Waals surface area contributed by atoms with Crippen molar-refractivity contribution in [2.45, 2.75) is 24.5 Å². The number of rotatable bonds is 2. The summed E-state index contributed by atoms with van der Waals surface area (Å²) < 4.78 is 25.1.